The average Bonchev–Trinajstić information content (AvgIpc) is 3.21. The Labute approximate surface area is 145 Å². The summed E-state index contributed by atoms with van der Waals surface area (Å²) < 4.78 is 17.5. The number of aliphatic hydroxyl groups is 1. The molecule has 134 valence electrons. The molecule has 0 spiro atoms. The van der Waals surface area contributed by atoms with Crippen molar-refractivity contribution in [2.24, 2.45) is 11.8 Å². The highest BCUT2D eigenvalue weighted by Crippen LogP contribution is 2.45. The highest BCUT2D eigenvalue weighted by Gasteiger charge is 2.48. The first-order chi connectivity index (χ1) is 11.9. The second-order valence-corrected chi connectivity index (χ2v) is 6.95. The van der Waals surface area contributed by atoms with Gasteiger partial charge in [-0.15, -0.1) is 0 Å². The molecule has 0 unspecified atom stereocenters. The molecule has 2 saturated heterocycles. The molecule has 0 saturated carbocycles. The molecule has 3 rings (SSSR count). The van der Waals surface area contributed by atoms with Crippen molar-refractivity contribution in [3.8, 4) is 0 Å². The van der Waals surface area contributed by atoms with Crippen LogP contribution in [-0.4, -0.2) is 43.7 Å². The number of fused-ring (bicyclic) bond motifs is 2. The minimum Gasteiger partial charge on any atom is -0.394 e. The Bertz CT molecular complexity index is 464. The zero-order chi connectivity index (χ0) is 16.6. The van der Waals surface area contributed by atoms with Gasteiger partial charge in [-0.05, 0) is 37.2 Å². The lowest BCUT2D eigenvalue weighted by Gasteiger charge is -2.28. The van der Waals surface area contributed by atoms with Gasteiger partial charge in [0.05, 0.1) is 38.6 Å². The van der Waals surface area contributed by atoms with Gasteiger partial charge in [0.1, 0.15) is 0 Å². The van der Waals surface area contributed by atoms with Gasteiger partial charge in [-0.3, -0.25) is 0 Å². The number of benzene rings is 1. The third kappa shape index (κ3) is 4.79. The third-order valence-electron chi connectivity index (χ3n) is 5.32. The molecule has 2 aliphatic rings. The standard InChI is InChI=1S/C20H30O4/c21-11-13-22-12-5-4-8-17-18(20-10-9-19(17)24-20)15-23-14-16-6-2-1-3-7-16/h1-3,6-7,17-21H,4-5,8-15H2/t17-,18+,19-,20+/m1/s1. The van der Waals surface area contributed by atoms with Crippen LogP contribution in [-0.2, 0) is 20.8 Å². The molecule has 1 aromatic rings. The lowest BCUT2D eigenvalue weighted by Crippen LogP contribution is -2.30. The van der Waals surface area contributed by atoms with Gasteiger partial charge in [-0.25, -0.2) is 0 Å². The van der Waals surface area contributed by atoms with Gasteiger partial charge in [-0.2, -0.15) is 0 Å². The van der Waals surface area contributed by atoms with E-state index >= 15 is 0 Å². The van der Waals surface area contributed by atoms with E-state index < -0.39 is 0 Å². The predicted octanol–water partition coefficient (Wildman–Crippen LogP) is 3.18. The maximum atomic E-state index is 8.71. The summed E-state index contributed by atoms with van der Waals surface area (Å²) in [7, 11) is 0. The van der Waals surface area contributed by atoms with Gasteiger partial charge in [0.15, 0.2) is 0 Å². The van der Waals surface area contributed by atoms with Crippen LogP contribution in [0.4, 0.5) is 0 Å². The molecule has 0 aliphatic carbocycles. The van der Waals surface area contributed by atoms with Crippen LogP contribution in [0.15, 0.2) is 30.3 Å². The molecule has 2 bridgehead atoms. The van der Waals surface area contributed by atoms with Crippen LogP contribution in [0.3, 0.4) is 0 Å². The molecule has 4 heteroatoms. The smallest absolute Gasteiger partial charge is 0.0717 e. The first-order valence-corrected chi connectivity index (χ1v) is 9.34. The molecular weight excluding hydrogens is 304 g/mol. The fraction of sp³-hybridized carbons (Fsp3) is 0.700. The Morgan fingerprint density at radius 1 is 0.958 bits per heavy atom. The summed E-state index contributed by atoms with van der Waals surface area (Å²) in [6.07, 6.45) is 6.68. The van der Waals surface area contributed by atoms with Gasteiger partial charge < -0.3 is 19.3 Å². The van der Waals surface area contributed by atoms with Crippen LogP contribution < -0.4 is 0 Å². The number of ether oxygens (including phenoxy) is 3. The molecular formula is C20H30O4. The van der Waals surface area contributed by atoms with E-state index in [1.807, 2.05) is 6.07 Å². The molecule has 2 fully saturated rings. The summed E-state index contributed by atoms with van der Waals surface area (Å²) in [6.45, 7) is 2.81. The number of aliphatic hydroxyl groups excluding tert-OH is 1. The highest BCUT2D eigenvalue weighted by atomic mass is 16.5. The minimum atomic E-state index is 0.112. The Balaban J connectivity index is 1.39. The Morgan fingerprint density at radius 2 is 1.75 bits per heavy atom. The summed E-state index contributed by atoms with van der Waals surface area (Å²) in [5.41, 5.74) is 1.24. The molecule has 24 heavy (non-hydrogen) atoms. The fourth-order valence-corrected chi connectivity index (χ4v) is 4.14. The average molecular weight is 334 g/mol. The lowest BCUT2D eigenvalue weighted by molar-refractivity contribution is 0.0410. The van der Waals surface area contributed by atoms with Crippen LogP contribution in [0.2, 0.25) is 0 Å². The molecule has 0 amide bonds. The van der Waals surface area contributed by atoms with Crippen LogP contribution in [0.1, 0.15) is 37.7 Å². The van der Waals surface area contributed by atoms with E-state index in [2.05, 4.69) is 24.3 Å². The van der Waals surface area contributed by atoms with Crippen molar-refractivity contribution in [1.82, 2.24) is 0 Å². The van der Waals surface area contributed by atoms with E-state index in [0.29, 0.717) is 37.3 Å². The van der Waals surface area contributed by atoms with Gasteiger partial charge >= 0.3 is 0 Å². The summed E-state index contributed by atoms with van der Waals surface area (Å²) >= 11 is 0. The summed E-state index contributed by atoms with van der Waals surface area (Å²) in [4.78, 5) is 0. The Hall–Kier alpha value is -0.940. The number of rotatable bonds is 11. The third-order valence-corrected chi connectivity index (χ3v) is 5.32. The van der Waals surface area contributed by atoms with E-state index in [4.69, 9.17) is 19.3 Å². The molecule has 0 aromatic heterocycles. The molecule has 1 aromatic carbocycles. The first kappa shape index (κ1) is 17.9. The number of unbranched alkanes of at least 4 members (excludes halogenated alkanes) is 1. The van der Waals surface area contributed by atoms with Crippen molar-refractivity contribution in [2.45, 2.75) is 50.9 Å². The first-order valence-electron chi connectivity index (χ1n) is 9.34. The quantitative estimate of drug-likeness (QED) is 0.632. The monoisotopic (exact) mass is 334 g/mol. The van der Waals surface area contributed by atoms with E-state index in [-0.39, 0.29) is 6.61 Å². The zero-order valence-electron chi connectivity index (χ0n) is 14.4. The molecule has 1 N–H and O–H groups in total. The molecule has 4 nitrogen and oxygen atoms in total. The second kappa shape index (κ2) is 9.52. The summed E-state index contributed by atoms with van der Waals surface area (Å²) in [6, 6.07) is 10.4. The van der Waals surface area contributed by atoms with E-state index in [1.165, 1.54) is 24.8 Å². The fourth-order valence-electron chi connectivity index (χ4n) is 4.14. The van der Waals surface area contributed by atoms with Crippen LogP contribution in [0, 0.1) is 11.8 Å². The van der Waals surface area contributed by atoms with Crippen molar-refractivity contribution in [1.29, 1.82) is 0 Å². The van der Waals surface area contributed by atoms with Gasteiger partial charge in [0.2, 0.25) is 0 Å². The van der Waals surface area contributed by atoms with Gasteiger partial charge in [-0.1, -0.05) is 36.8 Å². The van der Waals surface area contributed by atoms with Crippen molar-refractivity contribution in [2.75, 3.05) is 26.4 Å². The SMILES string of the molecule is OCCOCCCC[C@@H]1[C@H](COCc2ccccc2)[C@@H]2CC[C@H]1O2. The van der Waals surface area contributed by atoms with E-state index in [0.717, 1.165) is 26.1 Å². The summed E-state index contributed by atoms with van der Waals surface area (Å²) in [5.74, 6) is 1.18. The molecule has 2 heterocycles. The van der Waals surface area contributed by atoms with Crippen molar-refractivity contribution >= 4 is 0 Å². The topological polar surface area (TPSA) is 47.9 Å². The van der Waals surface area contributed by atoms with Crippen LogP contribution in [0.25, 0.3) is 0 Å². The number of hydrogen-bond donors (Lipinski definition) is 1. The van der Waals surface area contributed by atoms with Crippen LogP contribution in [0.5, 0.6) is 0 Å². The lowest BCUT2D eigenvalue weighted by atomic mass is 9.77. The van der Waals surface area contributed by atoms with Crippen molar-refractivity contribution in [3.05, 3.63) is 35.9 Å². The Morgan fingerprint density at radius 3 is 2.54 bits per heavy atom. The Kier molecular flexibility index (Phi) is 7.09. The number of hydrogen-bond acceptors (Lipinski definition) is 4. The minimum absolute atomic E-state index is 0.112. The second-order valence-electron chi connectivity index (χ2n) is 6.95. The maximum absolute atomic E-state index is 8.71. The zero-order valence-corrected chi connectivity index (χ0v) is 14.4. The molecule has 2 aliphatic heterocycles. The molecule has 0 radical (unpaired) electrons. The van der Waals surface area contributed by atoms with Crippen molar-refractivity contribution in [3.63, 3.8) is 0 Å². The highest BCUT2D eigenvalue weighted by molar-refractivity contribution is 5.13. The van der Waals surface area contributed by atoms with E-state index in [9.17, 15) is 0 Å². The largest absolute Gasteiger partial charge is 0.394 e. The van der Waals surface area contributed by atoms with Crippen LogP contribution >= 0.6 is 0 Å². The summed E-state index contributed by atoms with van der Waals surface area (Å²) in [5, 5.41) is 8.71. The molecule has 4 atom stereocenters. The maximum Gasteiger partial charge on any atom is 0.0717 e. The van der Waals surface area contributed by atoms with Crippen molar-refractivity contribution < 1.29 is 19.3 Å². The van der Waals surface area contributed by atoms with E-state index in [1.54, 1.807) is 0 Å². The van der Waals surface area contributed by atoms with Gasteiger partial charge in [0.25, 0.3) is 0 Å². The normalized spacial score (nSPS) is 28.5. The van der Waals surface area contributed by atoms with Gasteiger partial charge in [0, 0.05) is 12.5 Å². The predicted molar refractivity (Wildman–Crippen MR) is 92.7 cm³/mol.